The van der Waals surface area contributed by atoms with Gasteiger partial charge < -0.3 is 4.42 Å². The van der Waals surface area contributed by atoms with Crippen molar-refractivity contribution >= 4 is 27.3 Å². The summed E-state index contributed by atoms with van der Waals surface area (Å²) in [6, 6.07) is 6.01. The normalized spacial score (nSPS) is 12.9. The van der Waals surface area contributed by atoms with Gasteiger partial charge in [-0.15, -0.1) is 11.3 Å². The average molecular weight is 287 g/mol. The topological polar surface area (TPSA) is 51.2 Å². The predicted octanol–water partition coefficient (Wildman–Crippen LogP) is 2.85. The molecule has 0 saturated heterocycles. The fourth-order valence-electron chi connectivity index (χ4n) is 1.38. The summed E-state index contributed by atoms with van der Waals surface area (Å²) in [4.78, 5) is 1.20. The van der Waals surface area contributed by atoms with E-state index >= 15 is 0 Å². The van der Waals surface area contributed by atoms with Crippen molar-refractivity contribution in [3.05, 3.63) is 45.0 Å². The van der Waals surface area contributed by atoms with Gasteiger partial charge in [0.25, 0.3) is 0 Å². The second-order valence-electron chi connectivity index (χ2n) is 3.17. The molecule has 0 bridgehead atoms. The lowest BCUT2D eigenvalue weighted by Gasteiger charge is -2.11. The Morgan fingerprint density at radius 1 is 1.60 bits per heavy atom. The number of hydrazine groups is 1. The van der Waals surface area contributed by atoms with Crippen LogP contribution in [-0.4, -0.2) is 0 Å². The number of hydrogen-bond donors (Lipinski definition) is 2. The number of rotatable bonds is 4. The minimum atomic E-state index is 0.104. The van der Waals surface area contributed by atoms with Crippen LogP contribution in [-0.2, 0) is 6.42 Å². The summed E-state index contributed by atoms with van der Waals surface area (Å²) in [6.07, 6.45) is 2.43. The Labute approximate surface area is 100 Å². The molecule has 0 aliphatic heterocycles. The second kappa shape index (κ2) is 4.94. The van der Waals surface area contributed by atoms with Crippen LogP contribution in [0.15, 0.2) is 38.7 Å². The number of nitrogens with one attached hydrogen (secondary N) is 1. The number of halogens is 1. The maximum Gasteiger partial charge on any atom is 0.105 e. The third-order valence-corrected chi connectivity index (χ3v) is 3.92. The molecule has 80 valence electrons. The third kappa shape index (κ3) is 2.69. The van der Waals surface area contributed by atoms with Crippen molar-refractivity contribution in [3.8, 4) is 0 Å². The molecule has 0 radical (unpaired) electrons. The highest BCUT2D eigenvalue weighted by atomic mass is 79.9. The standard InChI is InChI=1S/C10H11BrN2OS/c11-7-4-10(15-6-7)9(13-12)5-8-2-1-3-14-8/h1-4,6,9,13H,5,12H2. The molecular weight excluding hydrogens is 276 g/mol. The van der Waals surface area contributed by atoms with Crippen LogP contribution in [0.2, 0.25) is 0 Å². The Morgan fingerprint density at radius 3 is 3.00 bits per heavy atom. The first-order valence-corrected chi connectivity index (χ1v) is 6.19. The molecule has 0 aliphatic carbocycles. The van der Waals surface area contributed by atoms with Crippen LogP contribution in [0.5, 0.6) is 0 Å². The van der Waals surface area contributed by atoms with Gasteiger partial charge in [-0.1, -0.05) is 0 Å². The van der Waals surface area contributed by atoms with Gasteiger partial charge >= 0.3 is 0 Å². The summed E-state index contributed by atoms with van der Waals surface area (Å²) >= 11 is 5.10. The van der Waals surface area contributed by atoms with Gasteiger partial charge in [0.05, 0.1) is 12.3 Å². The summed E-state index contributed by atoms with van der Waals surface area (Å²) in [5.74, 6) is 6.46. The van der Waals surface area contributed by atoms with E-state index < -0.39 is 0 Å². The minimum absolute atomic E-state index is 0.104. The summed E-state index contributed by atoms with van der Waals surface area (Å²) in [5, 5.41) is 2.04. The van der Waals surface area contributed by atoms with Gasteiger partial charge in [-0.2, -0.15) is 0 Å². The van der Waals surface area contributed by atoms with Gasteiger partial charge in [0.1, 0.15) is 5.76 Å². The molecule has 3 N–H and O–H groups in total. The highest BCUT2D eigenvalue weighted by Gasteiger charge is 2.13. The molecule has 1 atom stereocenters. The van der Waals surface area contributed by atoms with E-state index in [1.54, 1.807) is 17.6 Å². The van der Waals surface area contributed by atoms with E-state index in [9.17, 15) is 0 Å². The van der Waals surface area contributed by atoms with Crippen LogP contribution in [0.25, 0.3) is 0 Å². The first-order chi connectivity index (χ1) is 7.29. The van der Waals surface area contributed by atoms with Crippen molar-refractivity contribution < 1.29 is 4.42 Å². The zero-order chi connectivity index (χ0) is 10.7. The Morgan fingerprint density at radius 2 is 2.47 bits per heavy atom. The molecule has 0 amide bonds. The highest BCUT2D eigenvalue weighted by molar-refractivity contribution is 9.10. The monoisotopic (exact) mass is 286 g/mol. The van der Waals surface area contributed by atoms with E-state index in [-0.39, 0.29) is 6.04 Å². The lowest BCUT2D eigenvalue weighted by Crippen LogP contribution is -2.28. The van der Waals surface area contributed by atoms with Crippen LogP contribution in [0.3, 0.4) is 0 Å². The van der Waals surface area contributed by atoms with Crippen molar-refractivity contribution in [3.63, 3.8) is 0 Å². The fourth-order valence-corrected chi connectivity index (χ4v) is 2.89. The first-order valence-electron chi connectivity index (χ1n) is 4.52. The lowest BCUT2D eigenvalue weighted by atomic mass is 10.1. The van der Waals surface area contributed by atoms with Gasteiger partial charge in [-0.3, -0.25) is 11.3 Å². The van der Waals surface area contributed by atoms with Gasteiger partial charge in [-0.25, -0.2) is 0 Å². The Kier molecular flexibility index (Phi) is 3.58. The molecule has 2 aromatic heterocycles. The van der Waals surface area contributed by atoms with Gasteiger partial charge in [-0.05, 0) is 34.1 Å². The van der Waals surface area contributed by atoms with E-state index in [0.29, 0.717) is 0 Å². The molecule has 0 spiro atoms. The summed E-state index contributed by atoms with van der Waals surface area (Å²) < 4.78 is 6.38. The largest absolute Gasteiger partial charge is 0.469 e. The molecule has 0 aromatic carbocycles. The first kappa shape index (κ1) is 10.9. The summed E-state index contributed by atoms with van der Waals surface area (Å²) in [6.45, 7) is 0. The molecule has 0 fully saturated rings. The van der Waals surface area contributed by atoms with Gasteiger partial charge in [0.2, 0.25) is 0 Å². The molecule has 2 rings (SSSR count). The number of thiophene rings is 1. The van der Waals surface area contributed by atoms with E-state index in [4.69, 9.17) is 10.3 Å². The molecule has 15 heavy (non-hydrogen) atoms. The number of hydrogen-bond acceptors (Lipinski definition) is 4. The quantitative estimate of drug-likeness (QED) is 0.671. The van der Waals surface area contributed by atoms with E-state index in [1.807, 2.05) is 17.5 Å². The van der Waals surface area contributed by atoms with Gasteiger partial charge in [0.15, 0.2) is 0 Å². The molecule has 0 aliphatic rings. The average Bonchev–Trinajstić information content (AvgIpc) is 2.85. The predicted molar refractivity (Wildman–Crippen MR) is 64.5 cm³/mol. The Bertz CT molecular complexity index is 413. The van der Waals surface area contributed by atoms with Crippen LogP contribution < -0.4 is 11.3 Å². The van der Waals surface area contributed by atoms with Crippen molar-refractivity contribution in [2.75, 3.05) is 0 Å². The number of furan rings is 1. The second-order valence-corrected chi connectivity index (χ2v) is 5.03. The maximum absolute atomic E-state index is 5.53. The smallest absolute Gasteiger partial charge is 0.105 e. The number of nitrogens with two attached hydrogens (primary N) is 1. The van der Waals surface area contributed by atoms with Crippen LogP contribution in [0.1, 0.15) is 16.7 Å². The lowest BCUT2D eigenvalue weighted by molar-refractivity contribution is 0.458. The van der Waals surface area contributed by atoms with E-state index in [2.05, 4.69) is 27.4 Å². The zero-order valence-electron chi connectivity index (χ0n) is 7.94. The summed E-state index contributed by atoms with van der Waals surface area (Å²) in [5.41, 5.74) is 2.80. The van der Waals surface area contributed by atoms with E-state index in [1.165, 1.54) is 4.88 Å². The highest BCUT2D eigenvalue weighted by Crippen LogP contribution is 2.27. The van der Waals surface area contributed by atoms with E-state index in [0.717, 1.165) is 16.7 Å². The third-order valence-electron chi connectivity index (χ3n) is 2.12. The van der Waals surface area contributed by atoms with Gasteiger partial charge in [0, 0.05) is 21.2 Å². The molecule has 0 saturated carbocycles. The Hall–Kier alpha value is -0.620. The van der Waals surface area contributed by atoms with Crippen molar-refractivity contribution in [1.82, 2.24) is 5.43 Å². The maximum atomic E-state index is 5.53. The minimum Gasteiger partial charge on any atom is -0.469 e. The SMILES string of the molecule is NNC(Cc1ccco1)c1cc(Br)cs1. The van der Waals surface area contributed by atoms with Crippen molar-refractivity contribution in [2.24, 2.45) is 5.84 Å². The molecule has 1 unspecified atom stereocenters. The van der Waals surface area contributed by atoms with Crippen molar-refractivity contribution in [2.45, 2.75) is 12.5 Å². The molecular formula is C10H11BrN2OS. The zero-order valence-corrected chi connectivity index (χ0v) is 10.3. The van der Waals surface area contributed by atoms with Crippen LogP contribution >= 0.6 is 27.3 Å². The molecule has 2 aromatic rings. The summed E-state index contributed by atoms with van der Waals surface area (Å²) in [7, 11) is 0. The Balaban J connectivity index is 2.11. The molecule has 5 heteroatoms. The van der Waals surface area contributed by atoms with Crippen LogP contribution in [0.4, 0.5) is 0 Å². The van der Waals surface area contributed by atoms with Crippen molar-refractivity contribution in [1.29, 1.82) is 0 Å². The molecule has 2 heterocycles. The van der Waals surface area contributed by atoms with Crippen LogP contribution in [0, 0.1) is 0 Å². The fraction of sp³-hybridized carbons (Fsp3) is 0.200. The molecule has 3 nitrogen and oxygen atoms in total.